The molecule has 1 aliphatic rings. The highest BCUT2D eigenvalue weighted by molar-refractivity contribution is 5.42. The van der Waals surface area contributed by atoms with Gasteiger partial charge in [-0.1, -0.05) is 23.8 Å². The molecule has 0 aromatic heterocycles. The minimum atomic E-state index is 0.302. The summed E-state index contributed by atoms with van der Waals surface area (Å²) in [6, 6.07) is 6.48. The second kappa shape index (κ2) is 2.35. The van der Waals surface area contributed by atoms with Crippen molar-refractivity contribution in [3.8, 4) is 0 Å². The zero-order chi connectivity index (χ0) is 7.84. The standard InChI is InChI=1S/C10H12O/c1-7-2-3-8-5-9(6-11)10(8)4-7/h2-4,9,11H,5-6H2,1H3. The predicted molar refractivity (Wildman–Crippen MR) is 44.7 cm³/mol. The molecule has 2 rings (SSSR count). The van der Waals surface area contributed by atoms with Crippen LogP contribution in [0.25, 0.3) is 0 Å². The molecule has 1 aromatic rings. The third kappa shape index (κ3) is 0.962. The van der Waals surface area contributed by atoms with Gasteiger partial charge in [0.05, 0.1) is 6.61 Å². The van der Waals surface area contributed by atoms with Crippen LogP contribution in [0.5, 0.6) is 0 Å². The lowest BCUT2D eigenvalue weighted by Crippen LogP contribution is -2.20. The Balaban J connectivity index is 2.37. The van der Waals surface area contributed by atoms with Gasteiger partial charge in [-0.05, 0) is 24.5 Å². The molecule has 58 valence electrons. The highest BCUT2D eigenvalue weighted by Crippen LogP contribution is 2.34. The van der Waals surface area contributed by atoms with Crippen molar-refractivity contribution in [2.75, 3.05) is 6.61 Å². The van der Waals surface area contributed by atoms with E-state index in [0.717, 1.165) is 6.42 Å². The molecule has 1 aliphatic carbocycles. The molecule has 0 heterocycles. The van der Waals surface area contributed by atoms with E-state index >= 15 is 0 Å². The summed E-state index contributed by atoms with van der Waals surface area (Å²) in [6.45, 7) is 2.39. The summed E-state index contributed by atoms with van der Waals surface area (Å²) in [5, 5.41) is 8.92. The highest BCUT2D eigenvalue weighted by atomic mass is 16.3. The lowest BCUT2D eigenvalue weighted by molar-refractivity contribution is 0.253. The molecule has 1 unspecified atom stereocenters. The number of aliphatic hydroxyl groups is 1. The first-order valence-electron chi connectivity index (χ1n) is 4.01. The molecular weight excluding hydrogens is 136 g/mol. The third-order valence-corrected chi connectivity index (χ3v) is 2.43. The van der Waals surface area contributed by atoms with Crippen LogP contribution in [0.4, 0.5) is 0 Å². The van der Waals surface area contributed by atoms with Gasteiger partial charge in [-0.25, -0.2) is 0 Å². The predicted octanol–water partition coefficient (Wildman–Crippen LogP) is 1.63. The number of hydrogen-bond donors (Lipinski definition) is 1. The van der Waals surface area contributed by atoms with E-state index in [1.54, 1.807) is 0 Å². The van der Waals surface area contributed by atoms with Gasteiger partial charge < -0.3 is 5.11 Å². The lowest BCUT2D eigenvalue weighted by atomic mass is 9.77. The summed E-state index contributed by atoms with van der Waals surface area (Å²) in [5.74, 6) is 0.421. The van der Waals surface area contributed by atoms with E-state index in [0.29, 0.717) is 12.5 Å². The van der Waals surface area contributed by atoms with Crippen LogP contribution in [0.3, 0.4) is 0 Å². The fourth-order valence-electron chi connectivity index (χ4n) is 1.69. The third-order valence-electron chi connectivity index (χ3n) is 2.43. The zero-order valence-corrected chi connectivity index (χ0v) is 6.67. The maximum absolute atomic E-state index is 8.92. The van der Waals surface area contributed by atoms with Crippen LogP contribution in [0, 0.1) is 6.92 Å². The van der Waals surface area contributed by atoms with Crippen molar-refractivity contribution in [3.63, 3.8) is 0 Å². The van der Waals surface area contributed by atoms with Gasteiger partial charge in [0.2, 0.25) is 0 Å². The quantitative estimate of drug-likeness (QED) is 0.641. The maximum atomic E-state index is 8.92. The van der Waals surface area contributed by atoms with E-state index in [2.05, 4.69) is 25.1 Å². The van der Waals surface area contributed by atoms with E-state index < -0.39 is 0 Å². The van der Waals surface area contributed by atoms with E-state index in [4.69, 9.17) is 5.11 Å². The smallest absolute Gasteiger partial charge is 0.0503 e. The molecule has 11 heavy (non-hydrogen) atoms. The fraction of sp³-hybridized carbons (Fsp3) is 0.400. The van der Waals surface area contributed by atoms with Crippen molar-refractivity contribution in [2.45, 2.75) is 19.3 Å². The van der Waals surface area contributed by atoms with E-state index in [9.17, 15) is 0 Å². The Morgan fingerprint density at radius 2 is 2.36 bits per heavy atom. The number of fused-ring (bicyclic) bond motifs is 1. The number of hydrogen-bond acceptors (Lipinski definition) is 1. The van der Waals surface area contributed by atoms with Crippen LogP contribution in [-0.2, 0) is 6.42 Å². The summed E-state index contributed by atoms with van der Waals surface area (Å²) in [5.41, 5.74) is 4.06. The summed E-state index contributed by atoms with van der Waals surface area (Å²) in [7, 11) is 0. The van der Waals surface area contributed by atoms with Gasteiger partial charge in [0.15, 0.2) is 0 Å². The summed E-state index contributed by atoms with van der Waals surface area (Å²) >= 11 is 0. The molecule has 0 fully saturated rings. The van der Waals surface area contributed by atoms with Gasteiger partial charge in [-0.2, -0.15) is 0 Å². The van der Waals surface area contributed by atoms with Crippen molar-refractivity contribution in [2.24, 2.45) is 0 Å². The van der Waals surface area contributed by atoms with Crippen LogP contribution < -0.4 is 0 Å². The maximum Gasteiger partial charge on any atom is 0.0503 e. The first-order chi connectivity index (χ1) is 5.31. The topological polar surface area (TPSA) is 20.2 Å². The lowest BCUT2D eigenvalue weighted by Gasteiger charge is -2.28. The van der Waals surface area contributed by atoms with Crippen LogP contribution in [0.1, 0.15) is 22.6 Å². The Morgan fingerprint density at radius 1 is 1.55 bits per heavy atom. The summed E-state index contributed by atoms with van der Waals surface area (Å²) in [6.07, 6.45) is 1.06. The molecule has 0 radical (unpaired) electrons. The minimum Gasteiger partial charge on any atom is -0.396 e. The minimum absolute atomic E-state index is 0.302. The molecule has 1 N–H and O–H groups in total. The van der Waals surface area contributed by atoms with E-state index in [-0.39, 0.29) is 0 Å². The Kier molecular flexibility index (Phi) is 1.46. The Morgan fingerprint density at radius 3 is 3.09 bits per heavy atom. The molecule has 1 aromatic carbocycles. The molecule has 0 amide bonds. The van der Waals surface area contributed by atoms with Gasteiger partial charge in [0.1, 0.15) is 0 Å². The number of aliphatic hydroxyl groups excluding tert-OH is 1. The van der Waals surface area contributed by atoms with Gasteiger partial charge >= 0.3 is 0 Å². The highest BCUT2D eigenvalue weighted by Gasteiger charge is 2.24. The Bertz CT molecular complexity index is 278. The normalized spacial score (nSPS) is 20.7. The van der Waals surface area contributed by atoms with Crippen molar-refractivity contribution in [1.29, 1.82) is 0 Å². The first kappa shape index (κ1) is 6.86. The number of benzene rings is 1. The van der Waals surface area contributed by atoms with Crippen LogP contribution in [0.15, 0.2) is 18.2 Å². The molecule has 0 spiro atoms. The van der Waals surface area contributed by atoms with Crippen LogP contribution in [-0.4, -0.2) is 11.7 Å². The molecule has 0 saturated heterocycles. The molecular formula is C10H12O. The zero-order valence-electron chi connectivity index (χ0n) is 6.67. The summed E-state index contributed by atoms with van der Waals surface area (Å²) < 4.78 is 0. The van der Waals surface area contributed by atoms with Crippen molar-refractivity contribution in [3.05, 3.63) is 34.9 Å². The number of aryl methyl sites for hydroxylation is 1. The van der Waals surface area contributed by atoms with E-state index in [1.807, 2.05) is 0 Å². The Hall–Kier alpha value is -0.820. The SMILES string of the molecule is Cc1ccc2c(c1)C(CO)C2. The van der Waals surface area contributed by atoms with Gasteiger partial charge in [-0.15, -0.1) is 0 Å². The van der Waals surface area contributed by atoms with Crippen LogP contribution >= 0.6 is 0 Å². The second-order valence-electron chi connectivity index (χ2n) is 3.29. The Labute approximate surface area is 66.7 Å². The molecule has 0 saturated carbocycles. The van der Waals surface area contributed by atoms with Crippen molar-refractivity contribution in [1.82, 2.24) is 0 Å². The van der Waals surface area contributed by atoms with Gasteiger partial charge in [0, 0.05) is 5.92 Å². The fourth-order valence-corrected chi connectivity index (χ4v) is 1.69. The second-order valence-corrected chi connectivity index (χ2v) is 3.29. The monoisotopic (exact) mass is 148 g/mol. The first-order valence-corrected chi connectivity index (χ1v) is 4.01. The average Bonchev–Trinajstić information content (AvgIpc) is 1.97. The summed E-state index contributed by atoms with van der Waals surface area (Å²) in [4.78, 5) is 0. The molecule has 1 heteroatoms. The van der Waals surface area contributed by atoms with Crippen molar-refractivity contribution >= 4 is 0 Å². The molecule has 1 nitrogen and oxygen atoms in total. The molecule has 0 aliphatic heterocycles. The average molecular weight is 148 g/mol. The number of rotatable bonds is 1. The van der Waals surface area contributed by atoms with Gasteiger partial charge in [0.25, 0.3) is 0 Å². The molecule has 0 bridgehead atoms. The van der Waals surface area contributed by atoms with Gasteiger partial charge in [-0.3, -0.25) is 0 Å². The largest absolute Gasteiger partial charge is 0.396 e. The molecule has 1 atom stereocenters. The van der Waals surface area contributed by atoms with E-state index in [1.165, 1.54) is 16.7 Å². The van der Waals surface area contributed by atoms with Crippen LogP contribution in [0.2, 0.25) is 0 Å². The van der Waals surface area contributed by atoms with Crippen molar-refractivity contribution < 1.29 is 5.11 Å².